The Balaban J connectivity index is 1.98. The van der Waals surface area contributed by atoms with Crippen LogP contribution in [0, 0.1) is 3.57 Å². The zero-order valence-electron chi connectivity index (χ0n) is 17.3. The van der Waals surface area contributed by atoms with E-state index in [0.29, 0.717) is 22.5 Å². The Hall–Kier alpha value is -2.27. The largest absolute Gasteiger partial charge is 0.481 e. The molecule has 0 unspecified atom stereocenters. The average molecular weight is 598 g/mol. The van der Waals surface area contributed by atoms with Gasteiger partial charge < -0.3 is 9.47 Å². The van der Waals surface area contributed by atoms with Gasteiger partial charge >= 0.3 is 5.97 Å². The summed E-state index contributed by atoms with van der Waals surface area (Å²) in [4.78, 5) is 29.1. The van der Waals surface area contributed by atoms with Crippen LogP contribution in [0.25, 0.3) is 10.9 Å². The normalized spacial score (nSPS) is 12.3. The quantitative estimate of drug-likeness (QED) is 0.224. The number of nitrogens with zero attached hydrogens (tertiary/aromatic N) is 3. The molecular formula is C22H21BrIN3O4. The molecule has 0 amide bonds. The Bertz CT molecular complexity index is 1210. The molecule has 3 aromatic rings. The molecule has 0 fully saturated rings. The van der Waals surface area contributed by atoms with Crippen molar-refractivity contribution in [3.8, 4) is 5.75 Å². The molecule has 0 N–H and O–H groups in total. The van der Waals surface area contributed by atoms with Gasteiger partial charge in [0.2, 0.25) is 0 Å². The van der Waals surface area contributed by atoms with Crippen LogP contribution in [0.4, 0.5) is 0 Å². The summed E-state index contributed by atoms with van der Waals surface area (Å²) in [5, 5.41) is 4.97. The van der Waals surface area contributed by atoms with E-state index in [1.54, 1.807) is 24.4 Å². The first-order chi connectivity index (χ1) is 14.8. The number of ether oxygens (including phenoxy) is 2. The minimum Gasteiger partial charge on any atom is -0.481 e. The molecule has 1 heterocycles. The van der Waals surface area contributed by atoms with E-state index in [9.17, 15) is 9.59 Å². The smallest absolute Gasteiger partial charge is 0.343 e. The van der Waals surface area contributed by atoms with Crippen molar-refractivity contribution >= 4 is 61.6 Å². The van der Waals surface area contributed by atoms with Crippen LogP contribution in [0.15, 0.2) is 50.8 Å². The predicted octanol–water partition coefficient (Wildman–Crippen LogP) is 4.71. The summed E-state index contributed by atoms with van der Waals surface area (Å²) in [7, 11) is 1.31. The highest BCUT2D eigenvalue weighted by molar-refractivity contribution is 14.1. The fourth-order valence-corrected chi connectivity index (χ4v) is 3.87. The lowest BCUT2D eigenvalue weighted by atomic mass is 10.1. The summed E-state index contributed by atoms with van der Waals surface area (Å²) in [6.45, 7) is 3.91. The summed E-state index contributed by atoms with van der Waals surface area (Å²) in [6.07, 6.45) is 2.44. The fourth-order valence-electron chi connectivity index (χ4n) is 2.81. The van der Waals surface area contributed by atoms with E-state index in [1.165, 1.54) is 11.8 Å². The first kappa shape index (κ1) is 23.4. The highest BCUT2D eigenvalue weighted by Gasteiger charge is 2.15. The number of halogens is 2. The zero-order valence-corrected chi connectivity index (χ0v) is 21.0. The lowest BCUT2D eigenvalue weighted by Crippen LogP contribution is -2.23. The SMILES string of the molecule is CC[C@H](C)c1nc2ccc(Br)cc2c(=O)n1N=Cc1ccc(OCC(=O)OC)c(I)c1. The molecule has 0 saturated heterocycles. The van der Waals surface area contributed by atoms with Crippen LogP contribution < -0.4 is 10.3 Å². The summed E-state index contributed by atoms with van der Waals surface area (Å²) in [6, 6.07) is 10.9. The van der Waals surface area contributed by atoms with Gasteiger partial charge in [-0.2, -0.15) is 9.78 Å². The molecule has 0 spiro atoms. The van der Waals surface area contributed by atoms with Crippen molar-refractivity contribution in [1.29, 1.82) is 0 Å². The number of methoxy groups -OCH3 is 1. The Morgan fingerprint density at radius 1 is 1.32 bits per heavy atom. The summed E-state index contributed by atoms with van der Waals surface area (Å²) < 4.78 is 13.0. The van der Waals surface area contributed by atoms with Crippen LogP contribution in [0.5, 0.6) is 5.75 Å². The Morgan fingerprint density at radius 3 is 2.77 bits per heavy atom. The molecule has 7 nitrogen and oxygen atoms in total. The Kier molecular flexibility index (Phi) is 7.82. The number of hydrogen-bond acceptors (Lipinski definition) is 6. The van der Waals surface area contributed by atoms with Crippen LogP contribution in [0.2, 0.25) is 0 Å². The third-order valence-corrected chi connectivity index (χ3v) is 6.07. The van der Waals surface area contributed by atoms with Crippen molar-refractivity contribution in [2.45, 2.75) is 26.2 Å². The van der Waals surface area contributed by atoms with Crippen molar-refractivity contribution in [3.63, 3.8) is 0 Å². The molecule has 0 aliphatic carbocycles. The number of carbonyl (C=O) groups excluding carboxylic acids is 1. The van der Waals surface area contributed by atoms with E-state index in [2.05, 4.69) is 48.4 Å². The molecule has 0 bridgehead atoms. The van der Waals surface area contributed by atoms with E-state index in [0.717, 1.165) is 20.0 Å². The third kappa shape index (κ3) is 5.51. The van der Waals surface area contributed by atoms with Gasteiger partial charge in [-0.05, 0) is 71.0 Å². The van der Waals surface area contributed by atoms with E-state index < -0.39 is 5.97 Å². The van der Waals surface area contributed by atoms with Crippen LogP contribution in [-0.2, 0) is 9.53 Å². The lowest BCUT2D eigenvalue weighted by Gasteiger charge is -2.14. The van der Waals surface area contributed by atoms with Crippen LogP contribution >= 0.6 is 38.5 Å². The standard InChI is InChI=1S/C22H21BrIN3O4/c1-4-13(2)21-26-18-7-6-15(23)10-16(18)22(29)27(21)25-11-14-5-8-19(17(24)9-14)31-12-20(28)30-3/h5-11,13H,4,12H2,1-3H3/t13-/m0/s1. The third-order valence-electron chi connectivity index (χ3n) is 4.74. The van der Waals surface area contributed by atoms with E-state index in [1.807, 2.05) is 32.0 Å². The minimum absolute atomic E-state index is 0.0622. The molecule has 31 heavy (non-hydrogen) atoms. The molecule has 0 saturated carbocycles. The highest BCUT2D eigenvalue weighted by Crippen LogP contribution is 2.23. The molecule has 0 radical (unpaired) electrons. The summed E-state index contributed by atoms with van der Waals surface area (Å²) in [5.41, 5.74) is 1.22. The van der Waals surface area contributed by atoms with Crippen molar-refractivity contribution in [2.24, 2.45) is 5.10 Å². The van der Waals surface area contributed by atoms with E-state index in [4.69, 9.17) is 9.72 Å². The highest BCUT2D eigenvalue weighted by atomic mass is 127. The Labute approximate surface area is 201 Å². The minimum atomic E-state index is -0.450. The second kappa shape index (κ2) is 10.4. The van der Waals surface area contributed by atoms with Gasteiger partial charge in [0, 0.05) is 10.4 Å². The molecule has 1 atom stereocenters. The number of aromatic nitrogens is 2. The van der Waals surface area contributed by atoms with Gasteiger partial charge in [0.15, 0.2) is 6.61 Å². The van der Waals surface area contributed by atoms with Crippen molar-refractivity contribution in [3.05, 3.63) is 66.2 Å². The maximum Gasteiger partial charge on any atom is 0.343 e. The van der Waals surface area contributed by atoms with E-state index >= 15 is 0 Å². The van der Waals surface area contributed by atoms with Crippen LogP contribution in [0.1, 0.15) is 37.6 Å². The molecule has 0 aliphatic heterocycles. The van der Waals surface area contributed by atoms with Gasteiger partial charge in [-0.25, -0.2) is 9.78 Å². The van der Waals surface area contributed by atoms with Crippen LogP contribution in [-0.4, -0.2) is 35.6 Å². The van der Waals surface area contributed by atoms with Crippen molar-refractivity contribution < 1.29 is 14.3 Å². The Morgan fingerprint density at radius 2 is 2.10 bits per heavy atom. The van der Waals surface area contributed by atoms with Gasteiger partial charge in [0.25, 0.3) is 5.56 Å². The van der Waals surface area contributed by atoms with Gasteiger partial charge in [-0.15, -0.1) is 0 Å². The maximum atomic E-state index is 13.2. The number of benzene rings is 2. The number of carbonyl (C=O) groups is 1. The first-order valence-corrected chi connectivity index (χ1v) is 11.5. The molecule has 2 aromatic carbocycles. The van der Waals surface area contributed by atoms with E-state index in [-0.39, 0.29) is 18.1 Å². The fraction of sp³-hybridized carbons (Fsp3) is 0.273. The predicted molar refractivity (Wildman–Crippen MR) is 132 cm³/mol. The van der Waals surface area contributed by atoms with Crippen LogP contribution in [0.3, 0.4) is 0 Å². The molecule has 162 valence electrons. The number of esters is 1. The molecule has 0 aliphatic rings. The lowest BCUT2D eigenvalue weighted by molar-refractivity contribution is -0.142. The average Bonchev–Trinajstić information content (AvgIpc) is 2.77. The molecule has 3 rings (SSSR count). The van der Waals surface area contributed by atoms with Gasteiger partial charge in [-0.3, -0.25) is 4.79 Å². The second-order valence-electron chi connectivity index (χ2n) is 6.86. The van der Waals surface area contributed by atoms with Crippen molar-refractivity contribution in [1.82, 2.24) is 9.66 Å². The maximum absolute atomic E-state index is 13.2. The summed E-state index contributed by atoms with van der Waals surface area (Å²) in [5.74, 6) is 0.796. The number of rotatable bonds is 7. The molecule has 9 heteroatoms. The number of hydrogen-bond donors (Lipinski definition) is 0. The summed E-state index contributed by atoms with van der Waals surface area (Å²) >= 11 is 5.53. The van der Waals surface area contributed by atoms with Gasteiger partial charge in [0.1, 0.15) is 11.6 Å². The number of fused-ring (bicyclic) bond motifs is 1. The van der Waals surface area contributed by atoms with Gasteiger partial charge in [0.05, 0.1) is 27.8 Å². The van der Waals surface area contributed by atoms with Crippen molar-refractivity contribution in [2.75, 3.05) is 13.7 Å². The van der Waals surface area contributed by atoms with Gasteiger partial charge in [-0.1, -0.05) is 29.8 Å². The molecular weight excluding hydrogens is 577 g/mol. The molecule has 1 aromatic heterocycles. The topological polar surface area (TPSA) is 82.8 Å². The zero-order chi connectivity index (χ0) is 22.5. The second-order valence-corrected chi connectivity index (χ2v) is 8.93. The monoisotopic (exact) mass is 597 g/mol. The first-order valence-electron chi connectivity index (χ1n) is 9.59.